The number of likely N-dealkylation sites (tertiary alicyclic amines) is 1. The third-order valence-electron chi connectivity index (χ3n) is 9.07. The number of aromatic amines is 1. The van der Waals surface area contributed by atoms with E-state index in [1.807, 2.05) is 30.3 Å². The van der Waals surface area contributed by atoms with Crippen LogP contribution in [0.3, 0.4) is 0 Å². The Bertz CT molecular complexity index is 1310. The summed E-state index contributed by atoms with van der Waals surface area (Å²) in [5.41, 5.74) is 0.665. The molecule has 1 aromatic heterocycles. The highest BCUT2D eigenvalue weighted by Crippen LogP contribution is 2.31. The van der Waals surface area contributed by atoms with Gasteiger partial charge < -0.3 is 35.7 Å². The van der Waals surface area contributed by atoms with Crippen LogP contribution in [-0.2, 0) is 32.0 Å². The zero-order valence-corrected chi connectivity index (χ0v) is 28.2. The van der Waals surface area contributed by atoms with E-state index < -0.39 is 53.7 Å². The van der Waals surface area contributed by atoms with Crippen LogP contribution in [0.1, 0.15) is 83.4 Å². The van der Waals surface area contributed by atoms with Gasteiger partial charge in [-0.05, 0) is 51.5 Å². The Hall–Kier alpha value is -3.93. The van der Waals surface area contributed by atoms with E-state index in [1.54, 1.807) is 38.9 Å². The highest BCUT2D eigenvalue weighted by Gasteiger charge is 2.39. The maximum absolute atomic E-state index is 14.1. The normalized spacial score (nSPS) is 20.1. The van der Waals surface area contributed by atoms with Crippen molar-refractivity contribution in [3.63, 3.8) is 0 Å². The molecule has 4 amide bonds. The van der Waals surface area contributed by atoms with Gasteiger partial charge >= 0.3 is 6.09 Å². The molecule has 1 unspecified atom stereocenters. The van der Waals surface area contributed by atoms with E-state index in [2.05, 4.69) is 25.9 Å². The monoisotopic (exact) mass is 652 g/mol. The number of alkyl carbamates (subject to hydrolysis) is 1. The quantitative estimate of drug-likeness (QED) is 0.222. The van der Waals surface area contributed by atoms with Crippen molar-refractivity contribution in [1.29, 1.82) is 0 Å². The summed E-state index contributed by atoms with van der Waals surface area (Å²) in [6, 6.07) is 6.49. The molecule has 1 saturated carbocycles. The average Bonchev–Trinajstić information content (AvgIpc) is 3.54. The van der Waals surface area contributed by atoms with Crippen molar-refractivity contribution in [3.8, 4) is 0 Å². The number of hydrogen-bond acceptors (Lipinski definition) is 7. The lowest BCUT2D eigenvalue weighted by molar-refractivity contribution is -0.143. The highest BCUT2D eigenvalue weighted by atomic mass is 16.6. The van der Waals surface area contributed by atoms with E-state index in [4.69, 9.17) is 4.74 Å². The minimum Gasteiger partial charge on any atom is -0.444 e. The Morgan fingerprint density at radius 2 is 1.66 bits per heavy atom. The number of piperidine rings is 1. The van der Waals surface area contributed by atoms with Gasteiger partial charge in [-0.1, -0.05) is 62.4 Å². The van der Waals surface area contributed by atoms with Crippen LogP contribution in [0.5, 0.6) is 0 Å². The first kappa shape index (κ1) is 35.9. The van der Waals surface area contributed by atoms with Crippen LogP contribution in [0.2, 0.25) is 0 Å². The molecule has 0 bridgehead atoms. The first-order chi connectivity index (χ1) is 22.4. The van der Waals surface area contributed by atoms with Gasteiger partial charge in [-0.15, -0.1) is 0 Å². The van der Waals surface area contributed by atoms with Crippen LogP contribution in [0.4, 0.5) is 4.79 Å². The van der Waals surface area contributed by atoms with Crippen LogP contribution < -0.4 is 16.0 Å². The second-order valence-electron chi connectivity index (χ2n) is 14.1. The van der Waals surface area contributed by atoms with E-state index in [1.165, 1.54) is 12.7 Å². The predicted octanol–water partition coefficient (Wildman–Crippen LogP) is 3.26. The van der Waals surface area contributed by atoms with Crippen molar-refractivity contribution < 1.29 is 29.0 Å². The Morgan fingerprint density at radius 3 is 2.32 bits per heavy atom. The topological polar surface area (TPSA) is 166 Å². The Morgan fingerprint density at radius 1 is 0.979 bits per heavy atom. The molecule has 1 aliphatic heterocycles. The molecule has 0 spiro atoms. The molecule has 2 aliphatic rings. The third kappa shape index (κ3) is 11.1. The largest absolute Gasteiger partial charge is 0.444 e. The molecule has 5 N–H and O–H groups in total. The number of nitrogens with one attached hydrogen (secondary N) is 4. The highest BCUT2D eigenvalue weighted by molar-refractivity contribution is 5.92. The standard InChI is InChI=1S/C35H52N6O6/c1-35(2,3)47-34(46)40-28(19-24-14-9-6-10-15-24)31(43)39-29(20-25-21-36-22-37-25)32(44)38-27(18-23-12-7-5-8-13-23)30(42)26-16-11-17-41(4)33(26)45/h6,9-10,14-15,21-23,26-30,42H,5,7-8,11-13,16-20H2,1-4H3,(H,36,37)(H,38,44)(H,39,43)(H,40,46)/t26?,27-,28-,29-,30-/m0/s1. The van der Waals surface area contributed by atoms with Crippen molar-refractivity contribution >= 4 is 23.8 Å². The number of aliphatic hydroxyl groups excluding tert-OH is 1. The number of aliphatic hydroxyl groups is 1. The summed E-state index contributed by atoms with van der Waals surface area (Å²) < 4.78 is 5.44. The van der Waals surface area contributed by atoms with E-state index in [9.17, 15) is 24.3 Å². The molecule has 12 heteroatoms. The van der Waals surface area contributed by atoms with Gasteiger partial charge in [0.2, 0.25) is 17.7 Å². The predicted molar refractivity (Wildman–Crippen MR) is 177 cm³/mol. The van der Waals surface area contributed by atoms with Gasteiger partial charge in [0.05, 0.1) is 24.4 Å². The van der Waals surface area contributed by atoms with E-state index in [-0.39, 0.29) is 18.7 Å². The summed E-state index contributed by atoms with van der Waals surface area (Å²) in [4.78, 5) is 62.5. The van der Waals surface area contributed by atoms with Gasteiger partial charge in [-0.3, -0.25) is 14.4 Å². The number of rotatable bonds is 13. The lowest BCUT2D eigenvalue weighted by Gasteiger charge is -2.37. The van der Waals surface area contributed by atoms with Gasteiger partial charge in [-0.25, -0.2) is 9.78 Å². The average molecular weight is 653 g/mol. The summed E-state index contributed by atoms with van der Waals surface area (Å²) in [6.45, 7) is 5.85. The van der Waals surface area contributed by atoms with Crippen molar-refractivity contribution in [2.45, 2.75) is 115 Å². The summed E-state index contributed by atoms with van der Waals surface area (Å²) >= 11 is 0. The van der Waals surface area contributed by atoms with E-state index in [0.29, 0.717) is 31.0 Å². The van der Waals surface area contributed by atoms with Gasteiger partial charge in [0.1, 0.15) is 17.7 Å². The minimum absolute atomic E-state index is 0.0966. The van der Waals surface area contributed by atoms with Crippen LogP contribution in [0, 0.1) is 11.8 Å². The Balaban J connectivity index is 1.56. The number of ether oxygens (including phenoxy) is 1. The fourth-order valence-electron chi connectivity index (χ4n) is 6.62. The first-order valence-corrected chi connectivity index (χ1v) is 16.9. The third-order valence-corrected chi connectivity index (χ3v) is 9.07. The van der Waals surface area contributed by atoms with Gasteiger partial charge in [-0.2, -0.15) is 0 Å². The molecule has 12 nitrogen and oxygen atoms in total. The summed E-state index contributed by atoms with van der Waals surface area (Å²) in [5, 5.41) is 20.2. The maximum Gasteiger partial charge on any atom is 0.408 e. The van der Waals surface area contributed by atoms with Crippen LogP contribution in [0.25, 0.3) is 0 Å². The second-order valence-corrected chi connectivity index (χ2v) is 14.1. The second kappa shape index (κ2) is 16.8. The SMILES string of the molecule is CN1CCCC([C@H](O)[C@H](CC2CCCCC2)NC(=O)[C@H](Cc2cnc[nH]2)NC(=O)[C@H](Cc2ccccc2)NC(=O)OC(C)(C)C)C1=O. The molecule has 1 saturated heterocycles. The molecule has 1 aromatic carbocycles. The molecule has 5 atom stereocenters. The molecule has 258 valence electrons. The van der Waals surface area contributed by atoms with Crippen molar-refractivity contribution in [2.75, 3.05) is 13.6 Å². The number of amides is 4. The van der Waals surface area contributed by atoms with Crippen LogP contribution in [0.15, 0.2) is 42.9 Å². The molecule has 0 radical (unpaired) electrons. The number of carbonyl (C=O) groups is 4. The van der Waals surface area contributed by atoms with Crippen molar-refractivity contribution in [1.82, 2.24) is 30.8 Å². The van der Waals surface area contributed by atoms with Gasteiger partial charge in [0.15, 0.2) is 0 Å². The Kier molecular flexibility index (Phi) is 12.8. The number of carbonyl (C=O) groups excluding carboxylic acids is 4. The molecule has 4 rings (SSSR count). The number of imidazole rings is 1. The summed E-state index contributed by atoms with van der Waals surface area (Å²) in [7, 11) is 1.74. The first-order valence-electron chi connectivity index (χ1n) is 16.9. The Labute approximate surface area is 277 Å². The van der Waals surface area contributed by atoms with Crippen LogP contribution in [-0.4, -0.2) is 87.2 Å². The summed E-state index contributed by atoms with van der Waals surface area (Å²) in [6.07, 6.45) is 8.76. The molecular weight excluding hydrogens is 600 g/mol. The zero-order valence-electron chi connectivity index (χ0n) is 28.2. The number of H-pyrrole nitrogens is 1. The lowest BCUT2D eigenvalue weighted by Crippen LogP contribution is -2.59. The van der Waals surface area contributed by atoms with Gasteiger partial charge in [0, 0.05) is 38.3 Å². The van der Waals surface area contributed by atoms with Gasteiger partial charge in [0.25, 0.3) is 0 Å². The van der Waals surface area contributed by atoms with Crippen molar-refractivity contribution in [3.05, 3.63) is 54.1 Å². The molecule has 47 heavy (non-hydrogen) atoms. The molecular formula is C35H52N6O6. The molecule has 2 fully saturated rings. The van der Waals surface area contributed by atoms with E-state index >= 15 is 0 Å². The number of benzene rings is 1. The number of nitrogens with zero attached hydrogens (tertiary/aromatic N) is 2. The lowest BCUT2D eigenvalue weighted by atomic mass is 9.80. The van der Waals surface area contributed by atoms with Crippen molar-refractivity contribution in [2.24, 2.45) is 11.8 Å². The molecule has 2 heterocycles. The van der Waals surface area contributed by atoms with E-state index in [0.717, 1.165) is 37.7 Å². The molecule has 2 aromatic rings. The fourth-order valence-corrected chi connectivity index (χ4v) is 6.62. The number of hydrogen-bond donors (Lipinski definition) is 5. The molecule has 1 aliphatic carbocycles. The number of aromatic nitrogens is 2. The summed E-state index contributed by atoms with van der Waals surface area (Å²) in [5.74, 6) is -1.47. The zero-order chi connectivity index (χ0) is 34.0. The maximum atomic E-state index is 14.1. The smallest absolute Gasteiger partial charge is 0.408 e. The minimum atomic E-state index is -1.07. The fraction of sp³-hybridized carbons (Fsp3) is 0.629. The van der Waals surface area contributed by atoms with Crippen LogP contribution >= 0.6 is 0 Å².